The van der Waals surface area contributed by atoms with Gasteiger partial charge in [-0.15, -0.1) is 0 Å². The van der Waals surface area contributed by atoms with Crippen molar-refractivity contribution in [1.82, 2.24) is 9.36 Å². The van der Waals surface area contributed by atoms with Gasteiger partial charge in [0.1, 0.15) is 5.69 Å². The van der Waals surface area contributed by atoms with Crippen LogP contribution in [0.1, 0.15) is 50.6 Å². The van der Waals surface area contributed by atoms with Gasteiger partial charge in [0.05, 0.1) is 17.8 Å². The molecule has 1 fully saturated rings. The molecule has 1 aromatic carbocycles. The molecular formula is C21H27N3O4. The fraction of sp³-hybridized carbons (Fsp3) is 0.476. The van der Waals surface area contributed by atoms with Crippen molar-refractivity contribution < 1.29 is 14.7 Å². The average molecular weight is 385 g/mol. The highest BCUT2D eigenvalue weighted by Gasteiger charge is 2.36. The highest BCUT2D eigenvalue weighted by atomic mass is 16.4. The number of nitrogens with one attached hydrogen (secondary N) is 1. The van der Waals surface area contributed by atoms with Crippen molar-refractivity contribution in [3.05, 3.63) is 46.4 Å². The van der Waals surface area contributed by atoms with Crippen LogP contribution in [0.2, 0.25) is 0 Å². The highest BCUT2D eigenvalue weighted by molar-refractivity contribution is 5.92. The number of aromatic nitrogens is 2. The summed E-state index contributed by atoms with van der Waals surface area (Å²) < 4.78 is 3.22. The van der Waals surface area contributed by atoms with E-state index in [1.165, 1.54) is 4.68 Å². The number of carbonyl (C=O) groups is 2. The predicted molar refractivity (Wildman–Crippen MR) is 107 cm³/mol. The van der Waals surface area contributed by atoms with E-state index in [1.807, 2.05) is 30.3 Å². The Morgan fingerprint density at radius 1 is 1.11 bits per heavy atom. The lowest BCUT2D eigenvalue weighted by molar-refractivity contribution is -0.140. The lowest BCUT2D eigenvalue weighted by atomic mass is 9.69. The quantitative estimate of drug-likeness (QED) is 0.798. The number of benzene rings is 1. The molecule has 150 valence electrons. The van der Waals surface area contributed by atoms with Crippen LogP contribution in [0.15, 0.2) is 35.1 Å². The first-order valence-corrected chi connectivity index (χ1v) is 9.69. The zero-order valence-electron chi connectivity index (χ0n) is 16.4. The molecule has 0 saturated heterocycles. The van der Waals surface area contributed by atoms with E-state index in [2.05, 4.69) is 5.32 Å². The summed E-state index contributed by atoms with van der Waals surface area (Å²) in [5.41, 5.74) is 0.800. The van der Waals surface area contributed by atoms with Gasteiger partial charge in [-0.1, -0.05) is 37.5 Å². The number of anilines is 1. The molecule has 0 spiro atoms. The summed E-state index contributed by atoms with van der Waals surface area (Å²) in [6.45, 7) is 1.78. The number of amides is 1. The van der Waals surface area contributed by atoms with Gasteiger partial charge in [0.2, 0.25) is 5.91 Å². The third-order valence-corrected chi connectivity index (χ3v) is 5.79. The van der Waals surface area contributed by atoms with E-state index in [9.17, 15) is 19.5 Å². The molecule has 7 heteroatoms. The molecular weight excluding hydrogens is 358 g/mol. The standard InChI is InChI=1S/C21H27N3O4/c1-15-19(20(28)24(23(15)2)16-9-5-3-6-10-16)22-17(25)13-21(14-18(26)27)11-7-4-8-12-21/h3,5-6,9-10H,4,7-8,11-14H2,1-2H3,(H,22,25)(H,26,27). The van der Waals surface area contributed by atoms with Crippen LogP contribution in [0.25, 0.3) is 5.69 Å². The summed E-state index contributed by atoms with van der Waals surface area (Å²) >= 11 is 0. The number of carboxylic acid groups (broad SMARTS) is 1. The Kier molecular flexibility index (Phi) is 5.72. The van der Waals surface area contributed by atoms with Gasteiger partial charge in [-0.2, -0.15) is 0 Å². The number of para-hydroxylation sites is 1. The predicted octanol–water partition coefficient (Wildman–Crippen LogP) is 3.24. The van der Waals surface area contributed by atoms with Crippen LogP contribution < -0.4 is 10.9 Å². The van der Waals surface area contributed by atoms with Crippen LogP contribution >= 0.6 is 0 Å². The number of rotatable bonds is 6. The molecule has 1 saturated carbocycles. The van der Waals surface area contributed by atoms with Gasteiger partial charge in [-0.25, -0.2) is 4.68 Å². The van der Waals surface area contributed by atoms with Gasteiger partial charge in [-0.05, 0) is 37.3 Å². The van der Waals surface area contributed by atoms with Crippen molar-refractivity contribution in [2.24, 2.45) is 12.5 Å². The van der Waals surface area contributed by atoms with E-state index in [1.54, 1.807) is 18.7 Å². The van der Waals surface area contributed by atoms with Gasteiger partial charge in [0.25, 0.3) is 5.56 Å². The molecule has 1 heterocycles. The molecule has 2 N–H and O–H groups in total. The molecule has 28 heavy (non-hydrogen) atoms. The van der Waals surface area contributed by atoms with Crippen LogP contribution in [0.3, 0.4) is 0 Å². The summed E-state index contributed by atoms with van der Waals surface area (Å²) in [5, 5.41) is 12.1. The molecule has 0 bridgehead atoms. The van der Waals surface area contributed by atoms with Gasteiger partial charge in [0, 0.05) is 13.5 Å². The first-order valence-electron chi connectivity index (χ1n) is 9.69. The molecule has 1 aliphatic rings. The normalized spacial score (nSPS) is 15.9. The Bertz CT molecular complexity index is 921. The molecule has 2 aromatic rings. The Morgan fingerprint density at radius 3 is 2.36 bits per heavy atom. The number of carbonyl (C=O) groups excluding carboxylic acids is 1. The van der Waals surface area contributed by atoms with Gasteiger partial charge >= 0.3 is 5.97 Å². The van der Waals surface area contributed by atoms with Crippen molar-refractivity contribution in [3.63, 3.8) is 0 Å². The molecule has 1 aliphatic carbocycles. The zero-order chi connectivity index (χ0) is 20.3. The highest BCUT2D eigenvalue weighted by Crippen LogP contribution is 2.42. The second-order valence-electron chi connectivity index (χ2n) is 7.79. The zero-order valence-corrected chi connectivity index (χ0v) is 16.4. The summed E-state index contributed by atoms with van der Waals surface area (Å²) in [6, 6.07) is 9.23. The molecule has 7 nitrogen and oxygen atoms in total. The van der Waals surface area contributed by atoms with E-state index in [0.717, 1.165) is 32.1 Å². The van der Waals surface area contributed by atoms with Crippen LogP contribution in [-0.2, 0) is 16.6 Å². The maximum absolute atomic E-state index is 12.9. The maximum atomic E-state index is 12.9. The monoisotopic (exact) mass is 385 g/mol. The molecule has 0 aliphatic heterocycles. The van der Waals surface area contributed by atoms with Crippen molar-refractivity contribution in [3.8, 4) is 5.69 Å². The lowest BCUT2D eigenvalue weighted by Gasteiger charge is -2.35. The van der Waals surface area contributed by atoms with Crippen molar-refractivity contribution in [2.45, 2.75) is 51.9 Å². The summed E-state index contributed by atoms with van der Waals surface area (Å²) in [4.78, 5) is 37.0. The number of carboxylic acids is 1. The summed E-state index contributed by atoms with van der Waals surface area (Å²) in [5.74, 6) is -1.17. The Morgan fingerprint density at radius 2 is 1.75 bits per heavy atom. The second-order valence-corrected chi connectivity index (χ2v) is 7.79. The van der Waals surface area contributed by atoms with E-state index in [0.29, 0.717) is 11.4 Å². The molecule has 0 radical (unpaired) electrons. The van der Waals surface area contributed by atoms with Crippen molar-refractivity contribution in [2.75, 3.05) is 5.32 Å². The Labute approximate surface area is 164 Å². The first-order chi connectivity index (χ1) is 13.3. The smallest absolute Gasteiger partial charge is 0.303 e. The summed E-state index contributed by atoms with van der Waals surface area (Å²) in [6.07, 6.45) is 4.52. The first kappa shape index (κ1) is 19.9. The molecule has 0 unspecified atom stereocenters. The van der Waals surface area contributed by atoms with E-state index >= 15 is 0 Å². The van der Waals surface area contributed by atoms with Gasteiger partial charge in [-0.3, -0.25) is 19.1 Å². The summed E-state index contributed by atoms with van der Waals surface area (Å²) in [7, 11) is 1.77. The Balaban J connectivity index is 1.84. The second kappa shape index (κ2) is 8.04. The average Bonchev–Trinajstić information content (AvgIpc) is 2.85. The Hall–Kier alpha value is -2.83. The minimum absolute atomic E-state index is 0.0115. The molecule has 3 rings (SSSR count). The van der Waals surface area contributed by atoms with Crippen molar-refractivity contribution in [1.29, 1.82) is 0 Å². The minimum Gasteiger partial charge on any atom is -0.481 e. The van der Waals surface area contributed by atoms with Gasteiger partial charge in [0.15, 0.2) is 0 Å². The van der Waals surface area contributed by atoms with E-state index in [-0.39, 0.29) is 30.0 Å². The van der Waals surface area contributed by atoms with E-state index in [4.69, 9.17) is 0 Å². The molecule has 0 atom stereocenters. The molecule has 1 amide bonds. The topological polar surface area (TPSA) is 93.3 Å². The number of aliphatic carboxylic acids is 1. The number of nitrogens with zero attached hydrogens (tertiary/aromatic N) is 2. The number of hydrogen-bond acceptors (Lipinski definition) is 3. The van der Waals surface area contributed by atoms with E-state index < -0.39 is 11.4 Å². The number of hydrogen-bond donors (Lipinski definition) is 2. The van der Waals surface area contributed by atoms with Crippen molar-refractivity contribution >= 4 is 17.6 Å². The maximum Gasteiger partial charge on any atom is 0.303 e. The third-order valence-electron chi connectivity index (χ3n) is 5.79. The SMILES string of the molecule is Cc1c(NC(=O)CC2(CC(=O)O)CCCCC2)c(=O)n(-c2ccccc2)n1C. The van der Waals surface area contributed by atoms with Gasteiger partial charge < -0.3 is 10.4 Å². The van der Waals surface area contributed by atoms with Crippen LogP contribution in [-0.4, -0.2) is 26.3 Å². The minimum atomic E-state index is -0.878. The third kappa shape index (κ3) is 4.03. The van der Waals surface area contributed by atoms with Crippen LogP contribution in [0.4, 0.5) is 5.69 Å². The fourth-order valence-corrected chi connectivity index (χ4v) is 4.28. The fourth-order valence-electron chi connectivity index (χ4n) is 4.28. The lowest BCUT2D eigenvalue weighted by Crippen LogP contribution is -2.33. The van der Waals surface area contributed by atoms with Crippen LogP contribution in [0, 0.1) is 12.3 Å². The largest absolute Gasteiger partial charge is 0.481 e. The molecule has 1 aromatic heterocycles. The van der Waals surface area contributed by atoms with Crippen LogP contribution in [0.5, 0.6) is 0 Å².